The summed E-state index contributed by atoms with van der Waals surface area (Å²) in [7, 11) is 0. The van der Waals surface area contributed by atoms with Gasteiger partial charge in [-0.15, -0.1) is 11.3 Å². The predicted octanol–water partition coefficient (Wildman–Crippen LogP) is 5.69. The number of rotatable bonds is 6. The number of para-hydroxylation sites is 1. The number of nitrogens with zero attached hydrogens (tertiary/aromatic N) is 2. The van der Waals surface area contributed by atoms with Gasteiger partial charge in [0, 0.05) is 12.2 Å². The van der Waals surface area contributed by atoms with Gasteiger partial charge in [0.25, 0.3) is 5.91 Å². The lowest BCUT2D eigenvalue weighted by atomic mass is 10.1. The van der Waals surface area contributed by atoms with E-state index in [4.69, 9.17) is 9.84 Å². The van der Waals surface area contributed by atoms with Crippen LogP contribution in [0.4, 0.5) is 26.7 Å². The summed E-state index contributed by atoms with van der Waals surface area (Å²) in [6, 6.07) is 17.3. The van der Waals surface area contributed by atoms with Crippen molar-refractivity contribution < 1.29 is 24.2 Å². The Kier molecular flexibility index (Phi) is 6.04. The normalized spacial score (nSPS) is 18.2. The standard InChI is InChI=1S/C27H23N5O5S/c33-24(29-18-7-4-8-19(18)30-27(35)36)23-22-21-20(13-14-28-25(21)38-23)32(26(34)31-22)15-9-11-17(12-10-15)37-16-5-2-1-3-6-16/h1-3,5-6,9-14,18-19,30H,4,7-8H2,(H,29,33)(H,31,34)(H,35,36)/t18-,19+/m1/s1. The third-order valence-electron chi connectivity index (χ3n) is 6.67. The maximum Gasteiger partial charge on any atom is 0.404 e. The molecule has 2 atom stereocenters. The fraction of sp³-hybridized carbons (Fsp3) is 0.185. The molecular weight excluding hydrogens is 506 g/mol. The van der Waals surface area contributed by atoms with E-state index in [0.29, 0.717) is 56.5 Å². The molecule has 1 fully saturated rings. The first-order valence-corrected chi connectivity index (χ1v) is 13.0. The number of benzene rings is 2. The van der Waals surface area contributed by atoms with Gasteiger partial charge in [0.15, 0.2) is 0 Å². The van der Waals surface area contributed by atoms with Crippen LogP contribution in [0, 0.1) is 0 Å². The number of ether oxygens (including phenoxy) is 1. The molecule has 0 bridgehead atoms. The van der Waals surface area contributed by atoms with Crippen molar-refractivity contribution in [3.63, 3.8) is 0 Å². The average molecular weight is 530 g/mol. The molecule has 0 radical (unpaired) electrons. The van der Waals surface area contributed by atoms with Crippen molar-refractivity contribution in [2.45, 2.75) is 31.3 Å². The molecule has 11 heteroatoms. The Morgan fingerprint density at radius 2 is 1.71 bits per heavy atom. The van der Waals surface area contributed by atoms with Gasteiger partial charge in [-0.05, 0) is 61.7 Å². The fourth-order valence-corrected chi connectivity index (χ4v) is 6.01. The van der Waals surface area contributed by atoms with Crippen LogP contribution in [0.1, 0.15) is 28.9 Å². The van der Waals surface area contributed by atoms with E-state index >= 15 is 0 Å². The molecule has 4 N–H and O–H groups in total. The van der Waals surface area contributed by atoms with Gasteiger partial charge in [-0.25, -0.2) is 14.6 Å². The molecule has 3 heterocycles. The number of amides is 4. The molecule has 2 aromatic carbocycles. The van der Waals surface area contributed by atoms with E-state index in [2.05, 4.69) is 20.9 Å². The third kappa shape index (κ3) is 4.37. The zero-order chi connectivity index (χ0) is 26.2. The smallest absolute Gasteiger partial charge is 0.404 e. The van der Waals surface area contributed by atoms with Crippen molar-refractivity contribution in [2.75, 3.05) is 10.2 Å². The Morgan fingerprint density at radius 1 is 1.00 bits per heavy atom. The molecule has 1 saturated carbocycles. The Labute approximate surface area is 221 Å². The van der Waals surface area contributed by atoms with Gasteiger partial charge in [0.1, 0.15) is 21.2 Å². The Morgan fingerprint density at radius 3 is 2.45 bits per heavy atom. The lowest BCUT2D eigenvalue weighted by molar-refractivity contribution is 0.0935. The molecule has 1 aliphatic heterocycles. The monoisotopic (exact) mass is 529 g/mol. The summed E-state index contributed by atoms with van der Waals surface area (Å²) in [5, 5.41) is 18.1. The summed E-state index contributed by atoms with van der Waals surface area (Å²) in [5.74, 6) is 0.979. The minimum atomic E-state index is -1.12. The SMILES string of the molecule is O=C(O)N[C@H]1CCC[C@H]1NC(=O)c1sc2nccc3c2c1NC(=O)N3c1ccc(Oc2ccccc2)cc1. The lowest BCUT2D eigenvalue weighted by Crippen LogP contribution is -2.48. The number of hydrogen-bond acceptors (Lipinski definition) is 6. The highest BCUT2D eigenvalue weighted by molar-refractivity contribution is 7.21. The van der Waals surface area contributed by atoms with Gasteiger partial charge in [0.2, 0.25) is 0 Å². The average Bonchev–Trinajstić information content (AvgIpc) is 3.50. The van der Waals surface area contributed by atoms with Crippen LogP contribution in [0.2, 0.25) is 0 Å². The molecule has 10 nitrogen and oxygen atoms in total. The first-order chi connectivity index (χ1) is 18.5. The van der Waals surface area contributed by atoms with Crippen LogP contribution in [-0.2, 0) is 0 Å². The number of aromatic nitrogens is 1. The number of pyridine rings is 1. The molecule has 4 aromatic rings. The third-order valence-corrected chi connectivity index (χ3v) is 7.76. The van der Waals surface area contributed by atoms with E-state index in [9.17, 15) is 14.4 Å². The highest BCUT2D eigenvalue weighted by atomic mass is 32.1. The number of nitrogens with one attached hydrogen (secondary N) is 3. The van der Waals surface area contributed by atoms with E-state index in [0.717, 1.165) is 6.42 Å². The zero-order valence-corrected chi connectivity index (χ0v) is 20.8. The van der Waals surface area contributed by atoms with Crippen molar-refractivity contribution in [2.24, 2.45) is 0 Å². The second kappa shape index (κ2) is 9.67. The number of thiophene rings is 1. The van der Waals surface area contributed by atoms with Crippen molar-refractivity contribution in [3.8, 4) is 11.5 Å². The van der Waals surface area contributed by atoms with Crippen LogP contribution < -0.4 is 25.6 Å². The highest BCUT2D eigenvalue weighted by Gasteiger charge is 2.35. The number of carbonyl (C=O) groups is 3. The lowest BCUT2D eigenvalue weighted by Gasteiger charge is -2.28. The summed E-state index contributed by atoms with van der Waals surface area (Å²) in [5.41, 5.74) is 1.66. The second-order valence-electron chi connectivity index (χ2n) is 9.06. The summed E-state index contributed by atoms with van der Waals surface area (Å²) < 4.78 is 5.87. The molecule has 6 rings (SSSR count). The Bertz CT molecular complexity index is 1540. The van der Waals surface area contributed by atoms with Crippen LogP contribution in [0.15, 0.2) is 66.9 Å². The van der Waals surface area contributed by atoms with Crippen LogP contribution in [-0.4, -0.2) is 40.2 Å². The predicted molar refractivity (Wildman–Crippen MR) is 144 cm³/mol. The van der Waals surface area contributed by atoms with Crippen molar-refractivity contribution in [3.05, 3.63) is 71.7 Å². The molecule has 0 saturated heterocycles. The van der Waals surface area contributed by atoms with Crippen LogP contribution in [0.5, 0.6) is 11.5 Å². The van der Waals surface area contributed by atoms with Gasteiger partial charge >= 0.3 is 12.1 Å². The number of hydrogen-bond donors (Lipinski definition) is 4. The van der Waals surface area contributed by atoms with Crippen molar-refractivity contribution >= 4 is 56.6 Å². The Hall–Kier alpha value is -4.64. The molecule has 4 amide bonds. The van der Waals surface area contributed by atoms with Crippen LogP contribution in [0.25, 0.3) is 10.2 Å². The van der Waals surface area contributed by atoms with Gasteiger partial charge in [-0.1, -0.05) is 18.2 Å². The van der Waals surface area contributed by atoms with Gasteiger partial charge in [0.05, 0.1) is 28.5 Å². The fourth-order valence-electron chi connectivity index (χ4n) is 4.99. The van der Waals surface area contributed by atoms with Crippen LogP contribution in [0.3, 0.4) is 0 Å². The first-order valence-electron chi connectivity index (χ1n) is 12.1. The first kappa shape index (κ1) is 23.7. The van der Waals surface area contributed by atoms with Crippen molar-refractivity contribution in [1.29, 1.82) is 0 Å². The zero-order valence-electron chi connectivity index (χ0n) is 20.0. The quantitative estimate of drug-likeness (QED) is 0.254. The van der Waals surface area contributed by atoms with Gasteiger partial charge in [-0.2, -0.15) is 0 Å². The van der Waals surface area contributed by atoms with E-state index in [1.54, 1.807) is 41.4 Å². The number of anilines is 3. The number of urea groups is 1. The van der Waals surface area contributed by atoms with E-state index < -0.39 is 12.1 Å². The molecule has 192 valence electrons. The maximum absolute atomic E-state index is 13.3. The van der Waals surface area contributed by atoms with Crippen LogP contribution >= 0.6 is 11.3 Å². The van der Waals surface area contributed by atoms with Gasteiger partial charge < -0.3 is 25.8 Å². The molecule has 1 aliphatic carbocycles. The summed E-state index contributed by atoms with van der Waals surface area (Å²) in [6.07, 6.45) is 2.63. The largest absolute Gasteiger partial charge is 0.465 e. The summed E-state index contributed by atoms with van der Waals surface area (Å²) in [4.78, 5) is 44.6. The summed E-state index contributed by atoms with van der Waals surface area (Å²) >= 11 is 1.19. The van der Waals surface area contributed by atoms with E-state index in [-0.39, 0.29) is 18.0 Å². The molecule has 0 unspecified atom stereocenters. The van der Waals surface area contributed by atoms with E-state index in [1.165, 1.54) is 11.3 Å². The second-order valence-corrected chi connectivity index (χ2v) is 10.1. The molecular formula is C27H23N5O5S. The molecule has 2 aromatic heterocycles. The number of carbonyl (C=O) groups excluding carboxylic acids is 2. The Balaban J connectivity index is 1.29. The molecule has 2 aliphatic rings. The minimum Gasteiger partial charge on any atom is -0.465 e. The summed E-state index contributed by atoms with van der Waals surface area (Å²) in [6.45, 7) is 0. The minimum absolute atomic E-state index is 0.323. The molecule has 38 heavy (non-hydrogen) atoms. The molecule has 0 spiro atoms. The maximum atomic E-state index is 13.3. The number of carboxylic acid groups (broad SMARTS) is 1. The van der Waals surface area contributed by atoms with E-state index in [1.807, 2.05) is 30.3 Å². The van der Waals surface area contributed by atoms with Gasteiger partial charge in [-0.3, -0.25) is 9.69 Å². The highest BCUT2D eigenvalue weighted by Crippen LogP contribution is 2.46. The topological polar surface area (TPSA) is 133 Å². The van der Waals surface area contributed by atoms with Crippen molar-refractivity contribution in [1.82, 2.24) is 15.6 Å².